The first-order valence-corrected chi connectivity index (χ1v) is 41.9. The Morgan fingerprint density at radius 3 is 0.539 bits per heavy atom. The summed E-state index contributed by atoms with van der Waals surface area (Å²) in [6.07, 6.45) is 13.1. The monoisotopic (exact) mass is 2100 g/mol. The van der Waals surface area contributed by atoms with E-state index in [0.29, 0.717) is 66.9 Å². The van der Waals surface area contributed by atoms with Crippen LogP contribution in [0, 0.1) is 46.5 Å². The first-order chi connectivity index (χ1) is 67.6. The average molecular weight is 2100 g/mol. The molecule has 37 heteroatoms. The van der Waals surface area contributed by atoms with Crippen molar-refractivity contribution in [3.05, 3.63) is 380 Å². The zero-order chi connectivity index (χ0) is 97.1. The van der Waals surface area contributed by atoms with Gasteiger partial charge in [0.15, 0.2) is 93.2 Å². The number of halogens is 20. The molecule has 0 atom stereocenters. The summed E-state index contributed by atoms with van der Waals surface area (Å²) in [5.41, 5.74) is -5.78. The van der Waals surface area contributed by atoms with E-state index in [9.17, 15) is 35.1 Å². The molecular weight excluding hydrogens is 2050 g/mol. The van der Waals surface area contributed by atoms with Crippen molar-refractivity contribution in [3.8, 4) is 44.5 Å². The van der Waals surface area contributed by atoms with E-state index in [2.05, 4.69) is 59.8 Å². The van der Waals surface area contributed by atoms with Gasteiger partial charge in [-0.25, -0.2) is 110 Å². The molecule has 0 radical (unpaired) electrons. The number of hydrogen-bond acceptors (Lipinski definition) is 8. The van der Waals surface area contributed by atoms with Crippen molar-refractivity contribution in [1.29, 1.82) is 0 Å². The standard InChI is InChI=1S/4C26H13F5N4.Pt/c4*27-21-18-11-16-8-6-14(32-16)10-15-7-9-17(33-15)12-19-20(13-4-2-1-3-5-13)22(28)26(35(19)31)24(30)25(34-18)23(21)29;/h4*1-12,32H;/q;;;;+2. The molecule has 32 bridgehead atoms. The number of nitrogens with one attached hydrogen (secondary N) is 4. The van der Waals surface area contributed by atoms with Crippen LogP contribution in [-0.2, 0) is 21.1 Å². The molecule has 16 nitrogen and oxygen atoms in total. The van der Waals surface area contributed by atoms with Gasteiger partial charge in [-0.05, 0) is 192 Å². The van der Waals surface area contributed by atoms with Crippen LogP contribution in [0.3, 0.4) is 0 Å². The molecule has 0 aliphatic carbocycles. The Bertz CT molecular complexity index is 8040. The fourth-order valence-corrected chi connectivity index (χ4v) is 16.5. The van der Waals surface area contributed by atoms with E-state index in [0.717, 1.165) is 0 Å². The molecule has 16 aromatic rings. The number of benzene rings is 4. The summed E-state index contributed by atoms with van der Waals surface area (Å²) < 4.78 is 304. The Kier molecular flexibility index (Phi) is 23.7. The number of H-pyrrole nitrogens is 4. The third-order valence-corrected chi connectivity index (χ3v) is 22.9. The molecular formula is C104H52F20N16Pt+2. The van der Waals surface area contributed by atoms with Crippen LogP contribution >= 0.6 is 0 Å². The Balaban J connectivity index is 0.000000115. The maximum absolute atomic E-state index is 15.6. The van der Waals surface area contributed by atoms with Crippen molar-refractivity contribution in [2.75, 3.05) is 0 Å². The molecule has 0 spiro atoms. The van der Waals surface area contributed by atoms with Crippen molar-refractivity contribution in [1.82, 2.24) is 79.0 Å². The first kappa shape index (κ1) is 91.3. The van der Waals surface area contributed by atoms with E-state index in [1.807, 2.05) is 0 Å². The smallest absolute Gasteiger partial charge is 0.355 e. The molecule has 141 heavy (non-hydrogen) atoms. The molecule has 0 unspecified atom stereocenters. The van der Waals surface area contributed by atoms with Crippen molar-refractivity contribution in [3.63, 3.8) is 0 Å². The summed E-state index contributed by atoms with van der Waals surface area (Å²) in [5, 5.41) is 0. The Morgan fingerprint density at radius 2 is 0.355 bits per heavy atom. The van der Waals surface area contributed by atoms with Gasteiger partial charge in [0.25, 0.3) is 0 Å². The molecule has 0 saturated carbocycles. The van der Waals surface area contributed by atoms with Crippen LogP contribution in [-0.4, -0.2) is 79.0 Å². The van der Waals surface area contributed by atoms with Gasteiger partial charge in [-0.15, -0.1) is 0 Å². The van der Waals surface area contributed by atoms with E-state index in [4.69, 9.17) is 0 Å². The summed E-state index contributed by atoms with van der Waals surface area (Å²) in [6, 6.07) is 61.3. The molecule has 8 aliphatic rings. The normalized spacial score (nSPS) is 13.0. The van der Waals surface area contributed by atoms with Gasteiger partial charge in [0, 0.05) is 66.4 Å². The van der Waals surface area contributed by atoms with Gasteiger partial charge in [-0.1, -0.05) is 139 Å². The van der Waals surface area contributed by atoms with Crippen molar-refractivity contribution >= 4 is 183 Å². The third-order valence-electron chi connectivity index (χ3n) is 22.9. The zero-order valence-corrected chi connectivity index (χ0v) is 73.2. The first-order valence-electron chi connectivity index (χ1n) is 41.9. The molecule has 0 fully saturated rings. The molecule has 0 saturated heterocycles. The van der Waals surface area contributed by atoms with Gasteiger partial charge in [0.2, 0.25) is 0 Å². The van der Waals surface area contributed by atoms with Gasteiger partial charge < -0.3 is 19.9 Å². The van der Waals surface area contributed by atoms with Crippen LogP contribution in [0.2, 0.25) is 0 Å². The van der Waals surface area contributed by atoms with E-state index in [-0.39, 0.29) is 130 Å². The van der Waals surface area contributed by atoms with Crippen LogP contribution in [0.25, 0.3) is 228 Å². The van der Waals surface area contributed by atoms with Gasteiger partial charge in [0.1, 0.15) is 67.6 Å². The topological polar surface area (TPSA) is 186 Å². The number of hydrogen-bond donors (Lipinski definition) is 4. The Hall–Kier alpha value is -17.4. The van der Waals surface area contributed by atoms with E-state index in [1.54, 1.807) is 194 Å². The number of nitrogens with zero attached hydrogens (tertiary/aromatic N) is 12. The predicted molar refractivity (Wildman–Crippen MR) is 498 cm³/mol. The van der Waals surface area contributed by atoms with Crippen LogP contribution < -0.4 is 0 Å². The van der Waals surface area contributed by atoms with Gasteiger partial charge in [0.05, 0.1) is 67.6 Å². The third kappa shape index (κ3) is 16.7. The molecule has 696 valence electrons. The van der Waals surface area contributed by atoms with Crippen molar-refractivity contribution in [2.45, 2.75) is 0 Å². The van der Waals surface area contributed by atoms with Crippen LogP contribution in [0.4, 0.5) is 88.2 Å². The van der Waals surface area contributed by atoms with Crippen LogP contribution in [0.5, 0.6) is 0 Å². The zero-order valence-electron chi connectivity index (χ0n) is 71.0. The van der Waals surface area contributed by atoms with Crippen LogP contribution in [0.15, 0.2) is 243 Å². The maximum Gasteiger partial charge on any atom is 2.00 e. The molecule has 24 rings (SSSR count). The summed E-state index contributed by atoms with van der Waals surface area (Å²) >= 11 is 0. The largest absolute Gasteiger partial charge is 2.00 e. The van der Waals surface area contributed by atoms with Crippen LogP contribution in [0.1, 0.15) is 91.1 Å². The number of aromatic amines is 4. The number of aromatic nitrogens is 16. The van der Waals surface area contributed by atoms with Crippen molar-refractivity contribution in [2.24, 2.45) is 0 Å². The fraction of sp³-hybridized carbons (Fsp3) is 0. The molecule has 20 heterocycles. The van der Waals surface area contributed by atoms with Crippen molar-refractivity contribution < 1.29 is 109 Å². The summed E-state index contributed by atoms with van der Waals surface area (Å²) in [5.74, 6) is -24.2. The second-order valence-electron chi connectivity index (χ2n) is 31.8. The quantitative estimate of drug-likeness (QED) is 0.125. The number of rotatable bonds is 4. The second kappa shape index (κ2) is 36.6. The average Bonchev–Trinajstić information content (AvgIpc) is 1.61. The van der Waals surface area contributed by atoms with E-state index < -0.39 is 161 Å². The van der Waals surface area contributed by atoms with Gasteiger partial charge >= 0.3 is 21.1 Å². The minimum atomic E-state index is -1.68. The fourth-order valence-electron chi connectivity index (χ4n) is 16.5. The molecule has 4 N–H and O–H groups in total. The SMILES string of the molecule is FC1=C(F)c2nc1cc1ccc(cc3nc(cc4c(-c5ccccc5)c(F)c(c2F)n4F)C=C3)[nH]1.FC1=C(F)c2nc1cc1ccc(cc3nc(cc4c(-c5ccccc5)c(F)c(c2F)n4F)C=C3)[nH]1.FC1=C(F)c2nc1cc1ccc(cc3nc(cc4c(-c5ccccc5)c(F)c(c2F)n4F)C=C3)[nH]1.FC1=C(F)c2nc1cc1ccc(cc3nc(cc4c(-c5ccccc5)c(F)c(c2F)n4F)C=C3)[nH]1.[Pt+2]. The molecule has 8 aliphatic heterocycles. The minimum Gasteiger partial charge on any atom is -0.355 e. The molecule has 4 aromatic carbocycles. The maximum atomic E-state index is 15.6. The van der Waals surface area contributed by atoms with E-state index >= 15 is 53.0 Å². The number of fused-ring (bicyclic) bond motifs is 32. The Morgan fingerprint density at radius 1 is 0.184 bits per heavy atom. The summed E-state index contributed by atoms with van der Waals surface area (Å²) in [4.78, 5) is 43.3. The predicted octanol–water partition coefficient (Wildman–Crippen LogP) is 29.6. The summed E-state index contributed by atoms with van der Waals surface area (Å²) in [6.45, 7) is 0. The molecule has 12 aromatic heterocycles. The second-order valence-corrected chi connectivity index (χ2v) is 31.8. The van der Waals surface area contributed by atoms with E-state index in [1.165, 1.54) is 97.1 Å². The summed E-state index contributed by atoms with van der Waals surface area (Å²) in [7, 11) is 0. The Labute approximate surface area is 792 Å². The van der Waals surface area contributed by atoms with Gasteiger partial charge in [-0.2, -0.15) is 19.2 Å². The van der Waals surface area contributed by atoms with Gasteiger partial charge in [-0.3, -0.25) is 0 Å². The minimum absolute atomic E-state index is 0. The molecule has 0 amide bonds.